The van der Waals surface area contributed by atoms with Gasteiger partial charge in [0.15, 0.2) is 0 Å². The maximum atomic E-state index is 11.9. The van der Waals surface area contributed by atoms with Crippen molar-refractivity contribution in [2.75, 3.05) is 11.9 Å². The second kappa shape index (κ2) is 8.67. The van der Waals surface area contributed by atoms with Crippen LogP contribution in [0.25, 0.3) is 0 Å². The summed E-state index contributed by atoms with van der Waals surface area (Å²) in [5.74, 6) is 0.590. The maximum Gasteiger partial charge on any atom is 0.271 e. The van der Waals surface area contributed by atoms with E-state index in [0.29, 0.717) is 18.7 Å². The highest BCUT2D eigenvalue weighted by Crippen LogP contribution is 2.17. The van der Waals surface area contributed by atoms with Gasteiger partial charge in [0.2, 0.25) is 5.91 Å². The second-order valence-corrected chi connectivity index (χ2v) is 5.31. The Morgan fingerprint density at radius 1 is 1.21 bits per heavy atom. The number of nitro benzene ring substituents is 1. The van der Waals surface area contributed by atoms with Crippen molar-refractivity contribution >= 4 is 17.3 Å². The number of hydrogen-bond donors (Lipinski definition) is 1. The van der Waals surface area contributed by atoms with Crippen molar-refractivity contribution in [3.05, 3.63) is 64.2 Å². The molecule has 0 saturated carbocycles. The van der Waals surface area contributed by atoms with Gasteiger partial charge in [-0.05, 0) is 36.6 Å². The van der Waals surface area contributed by atoms with Crippen LogP contribution in [-0.4, -0.2) is 17.4 Å². The first-order chi connectivity index (χ1) is 11.6. The van der Waals surface area contributed by atoms with Gasteiger partial charge in [0.05, 0.1) is 11.5 Å². The molecule has 0 spiro atoms. The number of nitrogens with zero attached hydrogens (tertiary/aromatic N) is 1. The number of hydrogen-bond acceptors (Lipinski definition) is 4. The number of non-ortho nitro benzene ring substituents is 1. The Bertz CT molecular complexity index is 698. The van der Waals surface area contributed by atoms with Crippen LogP contribution in [-0.2, 0) is 11.2 Å². The van der Waals surface area contributed by atoms with Crippen molar-refractivity contribution in [2.24, 2.45) is 0 Å². The molecule has 6 nitrogen and oxygen atoms in total. The summed E-state index contributed by atoms with van der Waals surface area (Å²) in [5, 5.41) is 13.4. The molecule has 0 bridgehead atoms. The average molecular weight is 328 g/mol. The van der Waals surface area contributed by atoms with E-state index in [9.17, 15) is 14.9 Å². The van der Waals surface area contributed by atoms with E-state index in [1.165, 1.54) is 23.8 Å². The molecular weight excluding hydrogens is 308 g/mol. The normalized spacial score (nSPS) is 10.2. The van der Waals surface area contributed by atoms with Crippen molar-refractivity contribution in [3.63, 3.8) is 0 Å². The number of ether oxygens (including phenoxy) is 1. The molecule has 1 N–H and O–H groups in total. The van der Waals surface area contributed by atoms with Crippen LogP contribution < -0.4 is 10.1 Å². The highest BCUT2D eigenvalue weighted by molar-refractivity contribution is 5.90. The largest absolute Gasteiger partial charge is 0.494 e. The minimum atomic E-state index is -0.493. The predicted molar refractivity (Wildman–Crippen MR) is 92.3 cm³/mol. The van der Waals surface area contributed by atoms with Crippen LogP contribution in [0.3, 0.4) is 0 Å². The van der Waals surface area contributed by atoms with Crippen LogP contribution in [0, 0.1) is 10.1 Å². The number of anilines is 1. The summed E-state index contributed by atoms with van der Waals surface area (Å²) in [6.45, 7) is 2.53. The first-order valence-electron chi connectivity index (χ1n) is 7.84. The topological polar surface area (TPSA) is 81.5 Å². The van der Waals surface area contributed by atoms with Gasteiger partial charge < -0.3 is 10.1 Å². The molecule has 0 radical (unpaired) electrons. The number of aryl methyl sites for hydroxylation is 1. The summed E-state index contributed by atoms with van der Waals surface area (Å²) in [5.41, 5.74) is 1.62. The lowest BCUT2D eigenvalue weighted by Crippen LogP contribution is -2.12. The molecule has 0 aliphatic heterocycles. The summed E-state index contributed by atoms with van der Waals surface area (Å²) in [6.07, 6.45) is 1.84. The molecule has 126 valence electrons. The van der Waals surface area contributed by atoms with Crippen LogP contribution in [0.4, 0.5) is 11.4 Å². The summed E-state index contributed by atoms with van der Waals surface area (Å²) in [4.78, 5) is 22.1. The van der Waals surface area contributed by atoms with Crippen molar-refractivity contribution in [3.8, 4) is 5.75 Å². The first-order valence-corrected chi connectivity index (χ1v) is 7.84. The molecule has 2 rings (SSSR count). The molecule has 0 aliphatic rings. The zero-order valence-corrected chi connectivity index (χ0v) is 13.5. The molecule has 2 aromatic rings. The zero-order valence-electron chi connectivity index (χ0n) is 13.5. The molecule has 0 heterocycles. The van der Waals surface area contributed by atoms with E-state index in [1.54, 1.807) is 6.07 Å². The smallest absolute Gasteiger partial charge is 0.271 e. The minimum Gasteiger partial charge on any atom is -0.494 e. The Morgan fingerprint density at radius 2 is 1.96 bits per heavy atom. The van der Waals surface area contributed by atoms with E-state index in [4.69, 9.17) is 4.74 Å². The first kappa shape index (κ1) is 17.5. The van der Waals surface area contributed by atoms with Gasteiger partial charge >= 0.3 is 0 Å². The number of amides is 1. The molecule has 1 amide bonds. The van der Waals surface area contributed by atoms with Crippen molar-refractivity contribution < 1.29 is 14.5 Å². The zero-order chi connectivity index (χ0) is 17.4. The summed E-state index contributed by atoms with van der Waals surface area (Å²) in [6, 6.07) is 13.8. The van der Waals surface area contributed by atoms with Gasteiger partial charge in [0.25, 0.3) is 5.69 Å². The number of carbonyl (C=O) groups is 1. The van der Waals surface area contributed by atoms with E-state index >= 15 is 0 Å². The fourth-order valence-corrected chi connectivity index (χ4v) is 2.16. The highest BCUT2D eigenvalue weighted by atomic mass is 16.6. The molecular formula is C18H20N2O4. The summed E-state index contributed by atoms with van der Waals surface area (Å²) in [7, 11) is 0. The molecule has 0 aromatic heterocycles. The molecule has 6 heteroatoms. The minimum absolute atomic E-state index is 0.0494. The fourth-order valence-electron chi connectivity index (χ4n) is 2.16. The van der Waals surface area contributed by atoms with Gasteiger partial charge in [-0.25, -0.2) is 0 Å². The van der Waals surface area contributed by atoms with Crippen LogP contribution in [0.5, 0.6) is 5.75 Å². The van der Waals surface area contributed by atoms with Crippen molar-refractivity contribution in [2.45, 2.75) is 26.2 Å². The number of nitro groups is 1. The number of rotatable bonds is 8. The van der Waals surface area contributed by atoms with E-state index in [1.807, 2.05) is 24.3 Å². The standard InChI is InChI=1S/C18H20N2O4/c1-2-14-8-10-17(11-9-14)24-12-4-7-18(21)19-15-5-3-6-16(13-15)20(22)23/h3,5-6,8-11,13H,2,4,7,12H2,1H3,(H,19,21). The van der Waals surface area contributed by atoms with Crippen molar-refractivity contribution in [1.82, 2.24) is 0 Å². The Labute approximate surface area is 140 Å². The highest BCUT2D eigenvalue weighted by Gasteiger charge is 2.08. The van der Waals surface area contributed by atoms with Gasteiger partial charge in [-0.3, -0.25) is 14.9 Å². The van der Waals surface area contributed by atoms with Crippen LogP contribution in [0.1, 0.15) is 25.3 Å². The van der Waals surface area contributed by atoms with Crippen LogP contribution >= 0.6 is 0 Å². The molecule has 0 aliphatic carbocycles. The van der Waals surface area contributed by atoms with Gasteiger partial charge in [0.1, 0.15) is 5.75 Å². The lowest BCUT2D eigenvalue weighted by atomic mass is 10.2. The van der Waals surface area contributed by atoms with Crippen molar-refractivity contribution in [1.29, 1.82) is 0 Å². The third-order valence-corrected chi connectivity index (χ3v) is 3.49. The molecule has 24 heavy (non-hydrogen) atoms. The number of carbonyl (C=O) groups excluding carboxylic acids is 1. The Balaban J connectivity index is 1.73. The molecule has 0 saturated heterocycles. The second-order valence-electron chi connectivity index (χ2n) is 5.31. The third kappa shape index (κ3) is 5.39. The summed E-state index contributed by atoms with van der Waals surface area (Å²) < 4.78 is 5.59. The number of benzene rings is 2. The Hall–Kier alpha value is -2.89. The molecule has 0 atom stereocenters. The maximum absolute atomic E-state index is 11.9. The fraction of sp³-hybridized carbons (Fsp3) is 0.278. The molecule has 0 fully saturated rings. The van der Waals surface area contributed by atoms with Gasteiger partial charge in [-0.15, -0.1) is 0 Å². The quantitative estimate of drug-likeness (QED) is 0.452. The molecule has 2 aromatic carbocycles. The molecule has 0 unspecified atom stereocenters. The van der Waals surface area contributed by atoms with Gasteiger partial charge in [-0.1, -0.05) is 25.1 Å². The summed E-state index contributed by atoms with van der Waals surface area (Å²) >= 11 is 0. The van der Waals surface area contributed by atoms with E-state index in [2.05, 4.69) is 12.2 Å². The van der Waals surface area contributed by atoms with E-state index < -0.39 is 4.92 Å². The van der Waals surface area contributed by atoms with Crippen LogP contribution in [0.15, 0.2) is 48.5 Å². The van der Waals surface area contributed by atoms with E-state index in [-0.39, 0.29) is 18.0 Å². The lowest BCUT2D eigenvalue weighted by Gasteiger charge is -2.07. The number of nitrogens with one attached hydrogen (secondary N) is 1. The van der Waals surface area contributed by atoms with Crippen LogP contribution in [0.2, 0.25) is 0 Å². The monoisotopic (exact) mass is 328 g/mol. The van der Waals surface area contributed by atoms with E-state index in [0.717, 1.165) is 12.2 Å². The average Bonchev–Trinajstić information content (AvgIpc) is 2.59. The Morgan fingerprint density at radius 3 is 2.62 bits per heavy atom. The van der Waals surface area contributed by atoms with Gasteiger partial charge in [-0.2, -0.15) is 0 Å². The van der Waals surface area contributed by atoms with Gasteiger partial charge in [0, 0.05) is 24.2 Å². The predicted octanol–water partition coefficient (Wildman–Crippen LogP) is 3.95. The SMILES string of the molecule is CCc1ccc(OCCCC(=O)Nc2cccc([N+](=O)[O-])c2)cc1. The lowest BCUT2D eigenvalue weighted by molar-refractivity contribution is -0.384. The third-order valence-electron chi connectivity index (χ3n) is 3.49. The Kier molecular flexibility index (Phi) is 6.31.